The molecule has 1 atom stereocenters. The highest BCUT2D eigenvalue weighted by molar-refractivity contribution is 7.89. The third-order valence-corrected chi connectivity index (χ3v) is 10.3. The molecular formula is C31H31ClN6O5S2. The van der Waals surface area contributed by atoms with Gasteiger partial charge in [-0.1, -0.05) is 17.7 Å². The zero-order valence-corrected chi connectivity index (χ0v) is 27.0. The minimum Gasteiger partial charge on any atom is -0.493 e. The van der Waals surface area contributed by atoms with E-state index >= 15 is 0 Å². The minimum absolute atomic E-state index is 0.189. The molecule has 3 aromatic heterocycles. The number of benzene rings is 2. The second-order valence-corrected chi connectivity index (χ2v) is 13.5. The molecule has 14 heteroatoms. The van der Waals surface area contributed by atoms with Crippen LogP contribution in [0, 0.1) is 0 Å². The van der Waals surface area contributed by atoms with Crippen molar-refractivity contribution in [3.8, 4) is 28.4 Å². The predicted octanol–water partition coefficient (Wildman–Crippen LogP) is 6.01. The number of thiazole rings is 1. The van der Waals surface area contributed by atoms with Crippen molar-refractivity contribution >= 4 is 49.8 Å². The van der Waals surface area contributed by atoms with E-state index in [4.69, 9.17) is 31.0 Å². The van der Waals surface area contributed by atoms with E-state index in [1.165, 1.54) is 27.8 Å². The first-order valence-electron chi connectivity index (χ1n) is 14.5. The maximum atomic E-state index is 13.3. The predicted molar refractivity (Wildman–Crippen MR) is 174 cm³/mol. The van der Waals surface area contributed by atoms with Crippen LogP contribution < -0.4 is 10.1 Å². The van der Waals surface area contributed by atoms with Crippen molar-refractivity contribution in [3.05, 3.63) is 76.9 Å². The van der Waals surface area contributed by atoms with Gasteiger partial charge in [-0.2, -0.15) is 4.31 Å². The normalized spacial score (nSPS) is 15.7. The van der Waals surface area contributed by atoms with Gasteiger partial charge in [-0.15, -0.1) is 11.3 Å². The summed E-state index contributed by atoms with van der Waals surface area (Å²) >= 11 is 7.46. The zero-order chi connectivity index (χ0) is 31.6. The maximum absolute atomic E-state index is 13.3. The summed E-state index contributed by atoms with van der Waals surface area (Å²) in [4.78, 5) is 27.7. The number of hydrogen-bond acceptors (Lipinski definition) is 10. The van der Waals surface area contributed by atoms with Crippen LogP contribution in [0.4, 0.5) is 5.95 Å². The maximum Gasteiger partial charge on any atom is 0.341 e. The summed E-state index contributed by atoms with van der Waals surface area (Å²) in [7, 11) is -3.68. The van der Waals surface area contributed by atoms with Gasteiger partial charge in [0.05, 0.1) is 29.5 Å². The Morgan fingerprint density at radius 2 is 1.93 bits per heavy atom. The number of aromatic nitrogens is 4. The first-order valence-corrected chi connectivity index (χ1v) is 17.2. The van der Waals surface area contributed by atoms with Crippen molar-refractivity contribution in [2.24, 2.45) is 0 Å². The highest BCUT2D eigenvalue weighted by atomic mass is 35.5. The Balaban J connectivity index is 1.29. The van der Waals surface area contributed by atoms with E-state index in [0.717, 1.165) is 22.6 Å². The van der Waals surface area contributed by atoms with Crippen molar-refractivity contribution in [2.45, 2.75) is 37.6 Å². The van der Waals surface area contributed by atoms with Gasteiger partial charge in [0, 0.05) is 47.5 Å². The summed E-state index contributed by atoms with van der Waals surface area (Å²) in [6.45, 7) is 4.95. The molecule has 0 saturated carbocycles. The SMILES string of the molecule is CCOC(=O)c1ccc(-c2nc3sccn3c2-c2ccnc(N[C@@H]3CCCN(S(=O)(=O)c4ccc(Cl)cc4)C3)n2)cc1OCC. The van der Waals surface area contributed by atoms with Crippen LogP contribution in [0.3, 0.4) is 0 Å². The molecular weight excluding hydrogens is 636 g/mol. The number of nitrogens with one attached hydrogen (secondary N) is 1. The first kappa shape index (κ1) is 31.0. The number of fused-ring (bicyclic) bond motifs is 1. The summed E-state index contributed by atoms with van der Waals surface area (Å²) < 4.78 is 41.1. The summed E-state index contributed by atoms with van der Waals surface area (Å²) in [5.74, 6) is 0.343. The lowest BCUT2D eigenvalue weighted by molar-refractivity contribution is 0.0522. The molecule has 0 spiro atoms. The number of carbonyl (C=O) groups is 1. The van der Waals surface area contributed by atoms with Gasteiger partial charge in [0.2, 0.25) is 16.0 Å². The molecule has 234 valence electrons. The number of nitrogens with zero attached hydrogens (tertiary/aromatic N) is 5. The second kappa shape index (κ2) is 13.1. The van der Waals surface area contributed by atoms with Crippen LogP contribution in [0.5, 0.6) is 5.75 Å². The first-order chi connectivity index (χ1) is 21.8. The molecule has 0 amide bonds. The van der Waals surface area contributed by atoms with Gasteiger partial charge in [0.1, 0.15) is 17.0 Å². The molecule has 4 heterocycles. The van der Waals surface area contributed by atoms with Crippen molar-refractivity contribution in [2.75, 3.05) is 31.6 Å². The molecule has 45 heavy (non-hydrogen) atoms. The van der Waals surface area contributed by atoms with Crippen LogP contribution in [-0.2, 0) is 14.8 Å². The largest absolute Gasteiger partial charge is 0.493 e. The quantitative estimate of drug-likeness (QED) is 0.178. The molecule has 1 saturated heterocycles. The summed E-state index contributed by atoms with van der Waals surface area (Å²) in [5.41, 5.74) is 3.14. The third kappa shape index (κ3) is 6.39. The molecule has 1 fully saturated rings. The Morgan fingerprint density at radius 1 is 1.11 bits per heavy atom. The van der Waals surface area contributed by atoms with Gasteiger partial charge in [0.25, 0.3) is 0 Å². The van der Waals surface area contributed by atoms with Gasteiger partial charge in [0.15, 0.2) is 4.96 Å². The molecule has 11 nitrogen and oxygen atoms in total. The summed E-state index contributed by atoms with van der Waals surface area (Å²) in [6.07, 6.45) is 5.05. The fourth-order valence-corrected chi connectivity index (χ4v) is 7.69. The zero-order valence-electron chi connectivity index (χ0n) is 24.6. The fraction of sp³-hybridized carbons (Fsp3) is 0.290. The number of esters is 1. The van der Waals surface area contributed by atoms with Gasteiger partial charge in [-0.05, 0) is 69.2 Å². The standard InChI is InChI=1S/C31H31ClN6O5S2/c1-3-42-26-18-20(7-12-24(26)29(39)43-4-2)27-28(38-16-17-44-31(38)36-27)25-13-14-33-30(35-25)34-22-6-5-15-37(19-22)45(40,41)23-10-8-21(32)9-11-23/h7-14,16-18,22H,3-6,15,19H2,1-2H3,(H,33,34,35)/t22-/m1/s1. The fourth-order valence-electron chi connectivity index (χ4n) is 5.33. The van der Waals surface area contributed by atoms with Gasteiger partial charge >= 0.3 is 5.97 Å². The number of imidazole rings is 1. The summed E-state index contributed by atoms with van der Waals surface area (Å²) in [5, 5.41) is 5.78. The number of hydrogen-bond donors (Lipinski definition) is 1. The minimum atomic E-state index is -3.68. The highest BCUT2D eigenvalue weighted by Gasteiger charge is 2.31. The third-order valence-electron chi connectivity index (χ3n) is 7.38. The van der Waals surface area contributed by atoms with E-state index in [0.29, 0.717) is 53.2 Å². The Labute approximate surface area is 269 Å². The van der Waals surface area contributed by atoms with Crippen LogP contribution in [0.25, 0.3) is 27.6 Å². The van der Waals surface area contributed by atoms with Crippen LogP contribution in [0.2, 0.25) is 5.02 Å². The van der Waals surface area contributed by atoms with E-state index in [-0.39, 0.29) is 24.1 Å². The number of piperidine rings is 1. The van der Waals surface area contributed by atoms with E-state index in [9.17, 15) is 13.2 Å². The molecule has 5 aromatic rings. The van der Waals surface area contributed by atoms with E-state index < -0.39 is 16.0 Å². The monoisotopic (exact) mass is 666 g/mol. The Bertz CT molecular complexity index is 1940. The molecule has 1 aliphatic heterocycles. The van der Waals surface area contributed by atoms with Gasteiger partial charge < -0.3 is 14.8 Å². The topological polar surface area (TPSA) is 128 Å². The smallest absolute Gasteiger partial charge is 0.341 e. The van der Waals surface area contributed by atoms with Crippen LogP contribution in [0.15, 0.2) is 71.2 Å². The Kier molecular flexibility index (Phi) is 9.04. The van der Waals surface area contributed by atoms with Gasteiger partial charge in [-0.25, -0.2) is 28.2 Å². The number of rotatable bonds is 10. The van der Waals surface area contributed by atoms with Crippen LogP contribution in [0.1, 0.15) is 37.0 Å². The number of ether oxygens (including phenoxy) is 2. The van der Waals surface area contributed by atoms with Crippen LogP contribution in [-0.4, -0.2) is 70.4 Å². The van der Waals surface area contributed by atoms with E-state index in [2.05, 4.69) is 10.3 Å². The Hall–Kier alpha value is -4.04. The molecule has 0 unspecified atom stereocenters. The number of sulfonamides is 1. The molecule has 6 rings (SSSR count). The van der Waals surface area contributed by atoms with Crippen molar-refractivity contribution in [3.63, 3.8) is 0 Å². The van der Waals surface area contributed by atoms with E-state index in [1.807, 2.05) is 35.0 Å². The molecule has 1 N–H and O–H groups in total. The molecule has 0 radical (unpaired) electrons. The highest BCUT2D eigenvalue weighted by Crippen LogP contribution is 2.36. The average Bonchev–Trinajstić information content (AvgIpc) is 3.64. The molecule has 2 aromatic carbocycles. The van der Waals surface area contributed by atoms with Crippen molar-refractivity contribution < 1.29 is 22.7 Å². The summed E-state index contributed by atoms with van der Waals surface area (Å²) in [6, 6.07) is 13.1. The number of halogens is 1. The van der Waals surface area contributed by atoms with Crippen LogP contribution >= 0.6 is 22.9 Å². The lowest BCUT2D eigenvalue weighted by atomic mass is 10.0. The number of anilines is 1. The second-order valence-electron chi connectivity index (χ2n) is 10.3. The van der Waals surface area contributed by atoms with E-state index in [1.54, 1.807) is 37.4 Å². The number of carbonyl (C=O) groups excluding carboxylic acids is 1. The van der Waals surface area contributed by atoms with Crippen molar-refractivity contribution in [1.82, 2.24) is 23.7 Å². The average molecular weight is 667 g/mol. The lowest BCUT2D eigenvalue weighted by Gasteiger charge is -2.32. The molecule has 1 aliphatic rings. The van der Waals surface area contributed by atoms with Gasteiger partial charge in [-0.3, -0.25) is 4.40 Å². The molecule has 0 bridgehead atoms. The van der Waals surface area contributed by atoms with Crippen molar-refractivity contribution in [1.29, 1.82) is 0 Å². The lowest BCUT2D eigenvalue weighted by Crippen LogP contribution is -2.45. The Morgan fingerprint density at radius 3 is 2.71 bits per heavy atom. The molecule has 0 aliphatic carbocycles.